The molecule has 0 bridgehead atoms. The van der Waals surface area contributed by atoms with Crippen LogP contribution in [0.4, 0.5) is 5.69 Å². The number of aryl methyl sites for hydroxylation is 1. The van der Waals surface area contributed by atoms with E-state index in [0.29, 0.717) is 5.56 Å². The number of thiazole rings is 1. The minimum Gasteiger partial charge on any atom is -0.377 e. The third-order valence-corrected chi connectivity index (χ3v) is 4.31. The Morgan fingerprint density at radius 2 is 2.00 bits per heavy atom. The first-order valence-corrected chi connectivity index (χ1v) is 8.71. The molecule has 1 aromatic heterocycles. The van der Waals surface area contributed by atoms with Gasteiger partial charge in [-0.3, -0.25) is 0 Å². The van der Waals surface area contributed by atoms with Gasteiger partial charge in [0.15, 0.2) is 0 Å². The molecule has 7 heteroatoms. The summed E-state index contributed by atoms with van der Waals surface area (Å²) in [4.78, 5) is 4.43. The first-order chi connectivity index (χ1) is 9.33. The van der Waals surface area contributed by atoms with Gasteiger partial charge in [0.2, 0.25) is 10.0 Å². The van der Waals surface area contributed by atoms with E-state index in [2.05, 4.69) is 10.3 Å². The second-order valence-corrected chi connectivity index (χ2v) is 7.34. The zero-order valence-corrected chi connectivity index (χ0v) is 13.0. The highest BCUT2D eigenvalue weighted by Crippen LogP contribution is 2.21. The summed E-state index contributed by atoms with van der Waals surface area (Å²) in [5.74, 6) is -0.145. The largest absolute Gasteiger partial charge is 0.377 e. The van der Waals surface area contributed by atoms with E-state index in [1.807, 2.05) is 31.4 Å². The minimum absolute atomic E-state index is 0.101. The number of rotatable bonds is 5. The third-order valence-electron chi connectivity index (χ3n) is 2.79. The predicted octanol–water partition coefficient (Wildman–Crippen LogP) is 2.41. The molecule has 0 saturated heterocycles. The summed E-state index contributed by atoms with van der Waals surface area (Å²) < 4.78 is 22.0. The zero-order chi connectivity index (χ0) is 14.8. The van der Waals surface area contributed by atoms with Crippen molar-refractivity contribution in [2.75, 3.05) is 5.32 Å². The Hall–Kier alpha value is -1.44. The molecule has 1 unspecified atom stereocenters. The number of nitrogens with zero attached hydrogens (tertiary/aromatic N) is 1. The van der Waals surface area contributed by atoms with Crippen LogP contribution in [0.15, 0.2) is 29.6 Å². The van der Waals surface area contributed by atoms with Crippen molar-refractivity contribution in [1.29, 1.82) is 0 Å². The molecule has 1 heterocycles. The summed E-state index contributed by atoms with van der Waals surface area (Å²) in [6.45, 7) is 4.01. The number of aromatic nitrogens is 1. The van der Waals surface area contributed by atoms with Gasteiger partial charge in [-0.15, -0.1) is 11.3 Å². The molecule has 0 radical (unpaired) electrons. The number of sulfonamides is 1. The standard InChI is InChI=1S/C13H17N3O2S2/c1-9(13-7-19-10(2)16-13)15-12-5-3-11(4-6-12)8-20(14,17)18/h3-7,9,15H,8H2,1-2H3,(H2,14,17,18). The molecular formula is C13H17N3O2S2. The Kier molecular flexibility index (Phi) is 4.42. The van der Waals surface area contributed by atoms with Gasteiger partial charge >= 0.3 is 0 Å². The van der Waals surface area contributed by atoms with Crippen LogP contribution in [-0.2, 0) is 15.8 Å². The van der Waals surface area contributed by atoms with Gasteiger partial charge < -0.3 is 5.32 Å². The number of primary sulfonamides is 1. The molecule has 0 aliphatic rings. The number of benzene rings is 1. The fourth-order valence-electron chi connectivity index (χ4n) is 1.83. The lowest BCUT2D eigenvalue weighted by Crippen LogP contribution is -2.14. The molecule has 0 aliphatic carbocycles. The van der Waals surface area contributed by atoms with Crippen molar-refractivity contribution < 1.29 is 8.42 Å². The molecule has 3 N–H and O–H groups in total. The van der Waals surface area contributed by atoms with Crippen molar-refractivity contribution in [3.05, 3.63) is 45.9 Å². The first-order valence-electron chi connectivity index (χ1n) is 6.11. The normalized spacial score (nSPS) is 13.2. The van der Waals surface area contributed by atoms with Crippen LogP contribution in [0.5, 0.6) is 0 Å². The van der Waals surface area contributed by atoms with Crippen LogP contribution in [-0.4, -0.2) is 13.4 Å². The molecule has 0 fully saturated rings. The van der Waals surface area contributed by atoms with Crippen LogP contribution in [0.2, 0.25) is 0 Å². The molecule has 2 rings (SSSR count). The van der Waals surface area contributed by atoms with Gasteiger partial charge in [0.1, 0.15) is 0 Å². The molecule has 0 spiro atoms. The molecule has 20 heavy (non-hydrogen) atoms. The van der Waals surface area contributed by atoms with Crippen molar-refractivity contribution in [3.63, 3.8) is 0 Å². The highest BCUT2D eigenvalue weighted by molar-refractivity contribution is 7.88. The summed E-state index contributed by atoms with van der Waals surface area (Å²) in [6.07, 6.45) is 0. The second kappa shape index (κ2) is 5.90. The van der Waals surface area contributed by atoms with Crippen LogP contribution >= 0.6 is 11.3 Å². The molecule has 0 aliphatic heterocycles. The molecule has 0 amide bonds. The van der Waals surface area contributed by atoms with Gasteiger partial charge in [-0.25, -0.2) is 18.5 Å². The predicted molar refractivity (Wildman–Crippen MR) is 82.1 cm³/mol. The summed E-state index contributed by atoms with van der Waals surface area (Å²) in [6, 6.07) is 7.30. The fourth-order valence-corrected chi connectivity index (χ4v) is 3.20. The first kappa shape index (κ1) is 15.0. The van der Waals surface area contributed by atoms with Gasteiger partial charge in [0, 0.05) is 11.1 Å². The van der Waals surface area contributed by atoms with E-state index in [-0.39, 0.29) is 11.8 Å². The van der Waals surface area contributed by atoms with Gasteiger partial charge in [-0.05, 0) is 31.5 Å². The van der Waals surface area contributed by atoms with Gasteiger partial charge in [0.05, 0.1) is 22.5 Å². The zero-order valence-electron chi connectivity index (χ0n) is 11.3. The van der Waals surface area contributed by atoms with E-state index in [9.17, 15) is 8.42 Å². The summed E-state index contributed by atoms with van der Waals surface area (Å²) in [7, 11) is -3.48. The van der Waals surface area contributed by atoms with Crippen molar-refractivity contribution in [1.82, 2.24) is 4.98 Å². The van der Waals surface area contributed by atoms with Gasteiger partial charge in [0.25, 0.3) is 0 Å². The van der Waals surface area contributed by atoms with E-state index in [1.165, 1.54) is 0 Å². The van der Waals surface area contributed by atoms with Crippen LogP contribution in [0.3, 0.4) is 0 Å². The maximum atomic E-state index is 11.0. The summed E-state index contributed by atoms with van der Waals surface area (Å²) in [5.41, 5.74) is 2.60. The van der Waals surface area contributed by atoms with E-state index in [0.717, 1.165) is 16.4 Å². The molecule has 0 saturated carbocycles. The van der Waals surface area contributed by atoms with Crippen LogP contribution in [0.1, 0.15) is 29.2 Å². The van der Waals surface area contributed by atoms with Crippen LogP contribution in [0.25, 0.3) is 0 Å². The number of nitrogens with two attached hydrogens (primary N) is 1. The third kappa shape index (κ3) is 4.29. The summed E-state index contributed by atoms with van der Waals surface area (Å²) >= 11 is 1.62. The van der Waals surface area contributed by atoms with Crippen molar-refractivity contribution in [2.45, 2.75) is 25.6 Å². The quantitative estimate of drug-likeness (QED) is 0.888. The topological polar surface area (TPSA) is 85.1 Å². The maximum Gasteiger partial charge on any atom is 0.213 e. The van der Waals surface area contributed by atoms with Crippen molar-refractivity contribution in [2.24, 2.45) is 5.14 Å². The van der Waals surface area contributed by atoms with Crippen LogP contribution < -0.4 is 10.5 Å². The Morgan fingerprint density at radius 1 is 1.35 bits per heavy atom. The van der Waals surface area contributed by atoms with Crippen molar-refractivity contribution >= 4 is 27.0 Å². The van der Waals surface area contributed by atoms with Crippen molar-refractivity contribution in [3.8, 4) is 0 Å². The Bertz CT molecular complexity index is 678. The maximum absolute atomic E-state index is 11.0. The lowest BCUT2D eigenvalue weighted by atomic mass is 10.2. The highest BCUT2D eigenvalue weighted by Gasteiger charge is 2.09. The molecular weight excluding hydrogens is 294 g/mol. The summed E-state index contributed by atoms with van der Waals surface area (Å²) in [5, 5.41) is 11.4. The average molecular weight is 311 g/mol. The van der Waals surface area contributed by atoms with E-state index >= 15 is 0 Å². The highest BCUT2D eigenvalue weighted by atomic mass is 32.2. The Labute approximate surface area is 122 Å². The van der Waals surface area contributed by atoms with E-state index in [4.69, 9.17) is 5.14 Å². The fraction of sp³-hybridized carbons (Fsp3) is 0.308. The molecule has 108 valence electrons. The monoisotopic (exact) mass is 311 g/mol. The Morgan fingerprint density at radius 3 is 2.50 bits per heavy atom. The molecule has 5 nitrogen and oxygen atoms in total. The minimum atomic E-state index is -3.48. The number of anilines is 1. The molecule has 2 aromatic rings. The lowest BCUT2D eigenvalue weighted by molar-refractivity contribution is 0.597. The van der Waals surface area contributed by atoms with E-state index in [1.54, 1.807) is 23.5 Å². The lowest BCUT2D eigenvalue weighted by Gasteiger charge is -2.13. The molecule has 1 aromatic carbocycles. The second-order valence-electron chi connectivity index (χ2n) is 4.66. The van der Waals surface area contributed by atoms with Crippen LogP contribution in [0, 0.1) is 6.92 Å². The number of hydrogen-bond donors (Lipinski definition) is 2. The average Bonchev–Trinajstić information content (AvgIpc) is 2.77. The van der Waals surface area contributed by atoms with E-state index < -0.39 is 10.0 Å². The SMILES string of the molecule is Cc1nc(C(C)Nc2ccc(CS(N)(=O)=O)cc2)cs1. The Balaban J connectivity index is 2.03. The van der Waals surface area contributed by atoms with Gasteiger partial charge in [-0.1, -0.05) is 12.1 Å². The number of hydrogen-bond acceptors (Lipinski definition) is 5. The smallest absolute Gasteiger partial charge is 0.213 e. The number of nitrogens with one attached hydrogen (secondary N) is 1. The van der Waals surface area contributed by atoms with Gasteiger partial charge in [-0.2, -0.15) is 0 Å². The molecule has 1 atom stereocenters.